The summed E-state index contributed by atoms with van der Waals surface area (Å²) in [5, 5.41) is 3.69. The van der Waals surface area contributed by atoms with Crippen LogP contribution in [-0.4, -0.2) is 37.2 Å². The van der Waals surface area contributed by atoms with Gasteiger partial charge in [0.25, 0.3) is 0 Å². The fourth-order valence-electron chi connectivity index (χ4n) is 3.00. The Kier molecular flexibility index (Phi) is 5.76. The first kappa shape index (κ1) is 18.5. The first-order valence-electron chi connectivity index (χ1n) is 8.68. The molecular weight excluding hydrogens is 344 g/mol. The quantitative estimate of drug-likeness (QED) is 0.653. The van der Waals surface area contributed by atoms with Crippen LogP contribution in [0.25, 0.3) is 10.9 Å². The highest BCUT2D eigenvalue weighted by Gasteiger charge is 2.16. The van der Waals surface area contributed by atoms with Gasteiger partial charge < -0.3 is 19.4 Å². The second-order valence-corrected chi connectivity index (χ2v) is 6.13. The molecule has 1 aromatic heterocycles. The predicted molar refractivity (Wildman–Crippen MR) is 103 cm³/mol. The number of methoxy groups -OCH3 is 2. The first-order chi connectivity index (χ1) is 13.1. The third-order valence-electron chi connectivity index (χ3n) is 4.40. The van der Waals surface area contributed by atoms with E-state index in [9.17, 15) is 9.59 Å². The van der Waals surface area contributed by atoms with Crippen LogP contribution >= 0.6 is 0 Å². The van der Waals surface area contributed by atoms with E-state index >= 15 is 0 Å². The topological polar surface area (TPSA) is 69.6 Å². The van der Waals surface area contributed by atoms with Crippen LogP contribution in [0.3, 0.4) is 0 Å². The van der Waals surface area contributed by atoms with Crippen LogP contribution in [0.5, 0.6) is 5.75 Å². The summed E-state index contributed by atoms with van der Waals surface area (Å²) in [5.41, 5.74) is 2.40. The minimum absolute atomic E-state index is 0.110. The molecule has 0 aliphatic rings. The SMILES string of the molecule is COC(=O)c1cn(CC(=O)NCCc2ccc(OC)cc2)c2ccccc12. The number of nitrogens with one attached hydrogen (secondary N) is 1. The summed E-state index contributed by atoms with van der Waals surface area (Å²) in [6.45, 7) is 0.675. The molecule has 0 atom stereocenters. The van der Waals surface area contributed by atoms with E-state index in [1.807, 2.05) is 48.5 Å². The Bertz CT molecular complexity index is 944. The molecule has 27 heavy (non-hydrogen) atoms. The maximum Gasteiger partial charge on any atom is 0.340 e. The number of carbonyl (C=O) groups excluding carboxylic acids is 2. The Morgan fingerprint density at radius 2 is 1.78 bits per heavy atom. The molecule has 0 saturated heterocycles. The monoisotopic (exact) mass is 366 g/mol. The van der Waals surface area contributed by atoms with Gasteiger partial charge in [-0.25, -0.2) is 4.79 Å². The van der Waals surface area contributed by atoms with Crippen LogP contribution in [0.2, 0.25) is 0 Å². The van der Waals surface area contributed by atoms with Crippen LogP contribution in [0.1, 0.15) is 15.9 Å². The van der Waals surface area contributed by atoms with E-state index in [0.717, 1.165) is 28.6 Å². The molecule has 6 nitrogen and oxygen atoms in total. The normalized spacial score (nSPS) is 10.6. The summed E-state index contributed by atoms with van der Waals surface area (Å²) in [6.07, 6.45) is 2.40. The lowest BCUT2D eigenvalue weighted by molar-refractivity contribution is -0.121. The third-order valence-corrected chi connectivity index (χ3v) is 4.40. The van der Waals surface area contributed by atoms with Gasteiger partial charge in [0.15, 0.2) is 0 Å². The minimum atomic E-state index is -0.412. The molecule has 1 heterocycles. The number of benzene rings is 2. The van der Waals surface area contributed by atoms with Crippen LogP contribution in [0, 0.1) is 0 Å². The number of rotatable bonds is 7. The maximum atomic E-state index is 12.3. The van der Waals surface area contributed by atoms with E-state index < -0.39 is 5.97 Å². The Morgan fingerprint density at radius 1 is 1.04 bits per heavy atom. The maximum absolute atomic E-state index is 12.3. The number of amides is 1. The van der Waals surface area contributed by atoms with Crippen molar-refractivity contribution in [1.82, 2.24) is 9.88 Å². The predicted octanol–water partition coefficient (Wildman–Crippen LogP) is 2.80. The molecule has 6 heteroatoms. The van der Waals surface area contributed by atoms with Gasteiger partial charge in [-0.2, -0.15) is 0 Å². The fraction of sp³-hybridized carbons (Fsp3) is 0.238. The number of esters is 1. The van der Waals surface area contributed by atoms with E-state index in [1.165, 1.54) is 7.11 Å². The lowest BCUT2D eigenvalue weighted by atomic mass is 10.1. The summed E-state index contributed by atoms with van der Waals surface area (Å²) in [5.74, 6) is 0.286. The van der Waals surface area contributed by atoms with Crippen LogP contribution < -0.4 is 10.1 Å². The fourth-order valence-corrected chi connectivity index (χ4v) is 3.00. The molecule has 0 spiro atoms. The summed E-state index contributed by atoms with van der Waals surface area (Å²) in [6, 6.07) is 15.2. The number of fused-ring (bicyclic) bond motifs is 1. The van der Waals surface area contributed by atoms with E-state index in [2.05, 4.69) is 5.32 Å². The number of para-hydroxylation sites is 1. The third kappa shape index (κ3) is 4.28. The summed E-state index contributed by atoms with van der Waals surface area (Å²) in [7, 11) is 2.98. The zero-order valence-electron chi connectivity index (χ0n) is 15.4. The van der Waals surface area contributed by atoms with Crippen LogP contribution in [0.15, 0.2) is 54.7 Å². The molecular formula is C21H22N2O4. The van der Waals surface area contributed by atoms with Gasteiger partial charge in [-0.1, -0.05) is 30.3 Å². The number of ether oxygens (including phenoxy) is 2. The van der Waals surface area contributed by atoms with Gasteiger partial charge in [0.1, 0.15) is 12.3 Å². The molecule has 3 aromatic rings. The largest absolute Gasteiger partial charge is 0.497 e. The van der Waals surface area contributed by atoms with E-state index in [1.54, 1.807) is 17.9 Å². The molecule has 0 saturated carbocycles. The second kappa shape index (κ2) is 8.40. The molecule has 0 aliphatic carbocycles. The van der Waals surface area contributed by atoms with Gasteiger partial charge in [0.2, 0.25) is 5.91 Å². The summed E-state index contributed by atoms with van der Waals surface area (Å²) < 4.78 is 11.7. The molecule has 1 N–H and O–H groups in total. The van der Waals surface area contributed by atoms with Crippen LogP contribution in [-0.2, 0) is 22.5 Å². The Hall–Kier alpha value is -3.28. The first-order valence-corrected chi connectivity index (χ1v) is 8.68. The van der Waals surface area contributed by atoms with Gasteiger partial charge in [-0.3, -0.25) is 4.79 Å². The minimum Gasteiger partial charge on any atom is -0.497 e. The Morgan fingerprint density at radius 3 is 2.48 bits per heavy atom. The van der Waals surface area contributed by atoms with Crippen molar-refractivity contribution < 1.29 is 19.1 Å². The number of aromatic nitrogens is 1. The van der Waals surface area contributed by atoms with Crippen molar-refractivity contribution in [2.75, 3.05) is 20.8 Å². The number of nitrogens with zero attached hydrogens (tertiary/aromatic N) is 1. The molecule has 0 fully saturated rings. The molecule has 140 valence electrons. The zero-order valence-corrected chi connectivity index (χ0v) is 15.4. The van der Waals surface area contributed by atoms with Crippen molar-refractivity contribution in [2.24, 2.45) is 0 Å². The van der Waals surface area contributed by atoms with Crippen molar-refractivity contribution in [3.8, 4) is 5.75 Å². The Balaban J connectivity index is 1.63. The molecule has 0 bridgehead atoms. The van der Waals surface area contributed by atoms with E-state index in [4.69, 9.17) is 9.47 Å². The van der Waals surface area contributed by atoms with Gasteiger partial charge in [0.05, 0.1) is 19.8 Å². The summed E-state index contributed by atoms with van der Waals surface area (Å²) >= 11 is 0. The van der Waals surface area contributed by atoms with Gasteiger partial charge >= 0.3 is 5.97 Å². The number of hydrogen-bond donors (Lipinski definition) is 1. The number of carbonyl (C=O) groups is 2. The van der Waals surface area contributed by atoms with Crippen molar-refractivity contribution in [3.05, 3.63) is 65.9 Å². The molecule has 2 aromatic carbocycles. The molecule has 0 radical (unpaired) electrons. The molecule has 3 rings (SSSR count). The zero-order chi connectivity index (χ0) is 19.2. The molecule has 0 aliphatic heterocycles. The second-order valence-electron chi connectivity index (χ2n) is 6.13. The highest BCUT2D eigenvalue weighted by molar-refractivity contribution is 6.04. The van der Waals surface area contributed by atoms with E-state index in [0.29, 0.717) is 12.1 Å². The molecule has 1 amide bonds. The average Bonchev–Trinajstić information content (AvgIpc) is 3.06. The van der Waals surface area contributed by atoms with Gasteiger partial charge in [0, 0.05) is 23.6 Å². The van der Waals surface area contributed by atoms with Gasteiger partial charge in [-0.15, -0.1) is 0 Å². The lowest BCUT2D eigenvalue weighted by Crippen LogP contribution is -2.29. The number of hydrogen-bond acceptors (Lipinski definition) is 4. The molecule has 0 unspecified atom stereocenters. The standard InChI is InChI=1S/C21H22N2O4/c1-26-16-9-7-15(8-10-16)11-12-22-20(24)14-23-13-18(21(25)27-2)17-5-3-4-6-19(17)23/h3-10,13H,11-12,14H2,1-2H3,(H,22,24). The van der Waals surface area contributed by atoms with Gasteiger partial charge in [-0.05, 0) is 30.2 Å². The smallest absolute Gasteiger partial charge is 0.340 e. The summed E-state index contributed by atoms with van der Waals surface area (Å²) in [4.78, 5) is 24.3. The Labute approximate surface area is 157 Å². The lowest BCUT2D eigenvalue weighted by Gasteiger charge is -2.08. The highest BCUT2D eigenvalue weighted by Crippen LogP contribution is 2.22. The van der Waals surface area contributed by atoms with Crippen molar-refractivity contribution in [3.63, 3.8) is 0 Å². The van der Waals surface area contributed by atoms with Crippen LogP contribution in [0.4, 0.5) is 0 Å². The van der Waals surface area contributed by atoms with Crippen molar-refractivity contribution in [1.29, 1.82) is 0 Å². The van der Waals surface area contributed by atoms with Crippen molar-refractivity contribution in [2.45, 2.75) is 13.0 Å². The average molecular weight is 366 g/mol. The van der Waals surface area contributed by atoms with E-state index in [-0.39, 0.29) is 12.5 Å². The highest BCUT2D eigenvalue weighted by atomic mass is 16.5. The van der Waals surface area contributed by atoms with Crippen molar-refractivity contribution >= 4 is 22.8 Å².